The number of halogens is 2. The SMILES string of the molecule is Cc1c(Cl)nnc(Oc2ccc(Br)cc2)c1C. The molecule has 1 heterocycles. The van der Waals surface area contributed by atoms with Crippen LogP contribution in [0.5, 0.6) is 11.6 Å². The Morgan fingerprint density at radius 1 is 1.06 bits per heavy atom. The average Bonchev–Trinajstić information content (AvgIpc) is 2.33. The van der Waals surface area contributed by atoms with E-state index in [4.69, 9.17) is 16.3 Å². The zero-order valence-corrected chi connectivity index (χ0v) is 11.7. The molecule has 0 radical (unpaired) electrons. The van der Waals surface area contributed by atoms with Crippen molar-refractivity contribution in [2.45, 2.75) is 13.8 Å². The van der Waals surface area contributed by atoms with Gasteiger partial charge < -0.3 is 4.74 Å². The second kappa shape index (κ2) is 5.02. The molecule has 0 bridgehead atoms. The third-order valence-corrected chi connectivity index (χ3v) is 3.34. The Balaban J connectivity index is 2.30. The first-order chi connectivity index (χ1) is 8.08. The smallest absolute Gasteiger partial charge is 0.242 e. The van der Waals surface area contributed by atoms with E-state index in [-0.39, 0.29) is 0 Å². The van der Waals surface area contributed by atoms with Gasteiger partial charge in [-0.2, -0.15) is 0 Å². The summed E-state index contributed by atoms with van der Waals surface area (Å²) in [6.07, 6.45) is 0. The Hall–Kier alpha value is -1.13. The van der Waals surface area contributed by atoms with Crippen molar-refractivity contribution in [3.05, 3.63) is 45.0 Å². The van der Waals surface area contributed by atoms with Crippen LogP contribution in [0.2, 0.25) is 5.15 Å². The minimum Gasteiger partial charge on any atom is -0.437 e. The summed E-state index contributed by atoms with van der Waals surface area (Å²) in [5.41, 5.74) is 1.78. The molecule has 0 N–H and O–H groups in total. The highest BCUT2D eigenvalue weighted by atomic mass is 79.9. The second-order valence-corrected chi connectivity index (χ2v) is 4.88. The van der Waals surface area contributed by atoms with Crippen LogP contribution in [0.15, 0.2) is 28.7 Å². The summed E-state index contributed by atoms with van der Waals surface area (Å²) in [4.78, 5) is 0. The van der Waals surface area contributed by atoms with Gasteiger partial charge in [0.2, 0.25) is 5.88 Å². The van der Waals surface area contributed by atoms with Crippen LogP contribution in [-0.4, -0.2) is 10.2 Å². The molecule has 88 valence electrons. The number of hydrogen-bond acceptors (Lipinski definition) is 3. The van der Waals surface area contributed by atoms with Gasteiger partial charge >= 0.3 is 0 Å². The van der Waals surface area contributed by atoms with E-state index < -0.39 is 0 Å². The highest BCUT2D eigenvalue weighted by Gasteiger charge is 2.09. The molecule has 0 saturated carbocycles. The summed E-state index contributed by atoms with van der Waals surface area (Å²) in [5.74, 6) is 1.20. The summed E-state index contributed by atoms with van der Waals surface area (Å²) in [7, 11) is 0. The first-order valence-corrected chi connectivity index (χ1v) is 6.18. The molecule has 0 aliphatic carbocycles. The second-order valence-electron chi connectivity index (χ2n) is 3.60. The summed E-state index contributed by atoms with van der Waals surface area (Å²) < 4.78 is 6.65. The quantitative estimate of drug-likeness (QED) is 0.829. The van der Waals surface area contributed by atoms with Crippen LogP contribution in [0, 0.1) is 13.8 Å². The first-order valence-electron chi connectivity index (χ1n) is 5.00. The van der Waals surface area contributed by atoms with Gasteiger partial charge in [0.15, 0.2) is 5.15 Å². The van der Waals surface area contributed by atoms with Crippen LogP contribution < -0.4 is 4.74 Å². The van der Waals surface area contributed by atoms with Crippen LogP contribution in [0.3, 0.4) is 0 Å². The maximum Gasteiger partial charge on any atom is 0.242 e. The molecule has 5 heteroatoms. The Morgan fingerprint density at radius 2 is 1.71 bits per heavy atom. The van der Waals surface area contributed by atoms with E-state index in [9.17, 15) is 0 Å². The zero-order chi connectivity index (χ0) is 12.4. The molecule has 0 spiro atoms. The van der Waals surface area contributed by atoms with Crippen molar-refractivity contribution in [2.24, 2.45) is 0 Å². The number of ether oxygens (including phenoxy) is 1. The van der Waals surface area contributed by atoms with Gasteiger partial charge in [-0.25, -0.2) is 0 Å². The van der Waals surface area contributed by atoms with E-state index in [2.05, 4.69) is 26.1 Å². The van der Waals surface area contributed by atoms with Crippen LogP contribution in [-0.2, 0) is 0 Å². The lowest BCUT2D eigenvalue weighted by atomic mass is 10.2. The van der Waals surface area contributed by atoms with Gasteiger partial charge in [0.1, 0.15) is 5.75 Å². The first kappa shape index (κ1) is 12.3. The van der Waals surface area contributed by atoms with Crippen molar-refractivity contribution in [1.82, 2.24) is 10.2 Å². The highest BCUT2D eigenvalue weighted by molar-refractivity contribution is 9.10. The van der Waals surface area contributed by atoms with E-state index >= 15 is 0 Å². The molecule has 1 aromatic heterocycles. The largest absolute Gasteiger partial charge is 0.437 e. The number of nitrogens with zero attached hydrogens (tertiary/aromatic N) is 2. The third kappa shape index (κ3) is 2.76. The average molecular weight is 314 g/mol. The fourth-order valence-corrected chi connectivity index (χ4v) is 1.71. The summed E-state index contributed by atoms with van der Waals surface area (Å²) in [6.45, 7) is 3.80. The van der Waals surface area contributed by atoms with Gasteiger partial charge in [-0.15, -0.1) is 10.2 Å². The lowest BCUT2D eigenvalue weighted by Gasteiger charge is -2.09. The van der Waals surface area contributed by atoms with Crippen LogP contribution in [0.25, 0.3) is 0 Å². The van der Waals surface area contributed by atoms with Gasteiger partial charge in [-0.1, -0.05) is 27.5 Å². The maximum absolute atomic E-state index is 5.87. The lowest BCUT2D eigenvalue weighted by Crippen LogP contribution is -1.97. The molecular formula is C12H10BrClN2O. The van der Waals surface area contributed by atoms with Crippen molar-refractivity contribution in [1.29, 1.82) is 0 Å². The minimum atomic E-state index is 0.408. The van der Waals surface area contributed by atoms with Gasteiger partial charge in [0, 0.05) is 10.0 Å². The summed E-state index contributed by atoms with van der Waals surface area (Å²) >= 11 is 9.24. The molecule has 17 heavy (non-hydrogen) atoms. The molecule has 0 unspecified atom stereocenters. The van der Waals surface area contributed by atoms with Crippen molar-refractivity contribution in [3.63, 3.8) is 0 Å². The lowest BCUT2D eigenvalue weighted by molar-refractivity contribution is 0.450. The minimum absolute atomic E-state index is 0.408. The zero-order valence-electron chi connectivity index (χ0n) is 9.37. The molecule has 0 amide bonds. The molecule has 0 saturated heterocycles. The fourth-order valence-electron chi connectivity index (χ4n) is 1.27. The number of rotatable bonds is 2. The predicted molar refractivity (Wildman–Crippen MR) is 70.7 cm³/mol. The molecule has 0 aliphatic rings. The van der Waals surface area contributed by atoms with Crippen molar-refractivity contribution in [3.8, 4) is 11.6 Å². The third-order valence-electron chi connectivity index (χ3n) is 2.45. The number of hydrogen-bond donors (Lipinski definition) is 0. The highest BCUT2D eigenvalue weighted by Crippen LogP contribution is 2.27. The Labute approximate surface area is 113 Å². The summed E-state index contributed by atoms with van der Waals surface area (Å²) in [6, 6.07) is 7.52. The number of benzene rings is 1. The standard InChI is InChI=1S/C12H10BrClN2O/c1-7-8(2)12(16-15-11(7)14)17-10-5-3-9(13)4-6-10/h3-6H,1-2H3. The van der Waals surface area contributed by atoms with Crippen molar-refractivity contribution < 1.29 is 4.74 Å². The van der Waals surface area contributed by atoms with Gasteiger partial charge in [-0.3, -0.25) is 0 Å². The molecule has 2 rings (SSSR count). The molecule has 1 aromatic carbocycles. The van der Waals surface area contributed by atoms with Crippen molar-refractivity contribution >= 4 is 27.5 Å². The van der Waals surface area contributed by atoms with Crippen LogP contribution in [0.1, 0.15) is 11.1 Å². The van der Waals surface area contributed by atoms with Crippen LogP contribution >= 0.6 is 27.5 Å². The van der Waals surface area contributed by atoms with E-state index in [1.165, 1.54) is 0 Å². The molecule has 3 nitrogen and oxygen atoms in total. The van der Waals surface area contributed by atoms with E-state index in [0.717, 1.165) is 15.6 Å². The monoisotopic (exact) mass is 312 g/mol. The molecule has 0 fully saturated rings. The van der Waals surface area contributed by atoms with E-state index in [1.807, 2.05) is 38.1 Å². The Kier molecular flexibility index (Phi) is 3.64. The topological polar surface area (TPSA) is 35.0 Å². The van der Waals surface area contributed by atoms with Crippen molar-refractivity contribution in [2.75, 3.05) is 0 Å². The van der Waals surface area contributed by atoms with Gasteiger partial charge in [-0.05, 0) is 43.7 Å². The molecular weight excluding hydrogens is 304 g/mol. The van der Waals surface area contributed by atoms with E-state index in [0.29, 0.717) is 16.8 Å². The Morgan fingerprint density at radius 3 is 2.35 bits per heavy atom. The van der Waals surface area contributed by atoms with Gasteiger partial charge in [0.25, 0.3) is 0 Å². The molecule has 0 atom stereocenters. The summed E-state index contributed by atoms with van der Waals surface area (Å²) in [5, 5.41) is 8.18. The Bertz CT molecular complexity index is 543. The normalized spacial score (nSPS) is 10.4. The predicted octanol–water partition coefficient (Wildman–Crippen LogP) is 4.30. The van der Waals surface area contributed by atoms with Crippen LogP contribution in [0.4, 0.5) is 0 Å². The number of aromatic nitrogens is 2. The molecule has 0 aliphatic heterocycles. The maximum atomic E-state index is 5.87. The fraction of sp³-hybridized carbons (Fsp3) is 0.167. The molecule has 2 aromatic rings. The van der Waals surface area contributed by atoms with Gasteiger partial charge in [0.05, 0.1) is 0 Å². The van der Waals surface area contributed by atoms with E-state index in [1.54, 1.807) is 0 Å².